The largest absolute Gasteiger partial charge is 0.493 e. The van der Waals surface area contributed by atoms with Crippen LogP contribution in [0.25, 0.3) is 0 Å². The Kier molecular flexibility index (Phi) is 3.89. The van der Waals surface area contributed by atoms with Crippen molar-refractivity contribution in [2.24, 2.45) is 5.92 Å². The van der Waals surface area contributed by atoms with Crippen molar-refractivity contribution in [2.45, 2.75) is 27.7 Å². The maximum Gasteiger partial charge on any atom is 0.159 e. The molecule has 1 rings (SSSR count). The SMILES string of the molecule is CC(=O)c1ccc(OCC(C)C)c(C)c1. The predicted octanol–water partition coefficient (Wildman–Crippen LogP) is 3.23. The third-order valence-electron chi connectivity index (χ3n) is 2.15. The highest BCUT2D eigenvalue weighted by atomic mass is 16.5. The van der Waals surface area contributed by atoms with E-state index in [2.05, 4.69) is 13.8 Å². The topological polar surface area (TPSA) is 26.3 Å². The first kappa shape index (κ1) is 11.8. The Hall–Kier alpha value is -1.31. The second-order valence-corrected chi connectivity index (χ2v) is 4.24. The molecule has 0 saturated carbocycles. The van der Waals surface area contributed by atoms with Gasteiger partial charge in [0.05, 0.1) is 6.61 Å². The Balaban J connectivity index is 2.79. The molecule has 0 saturated heterocycles. The zero-order valence-corrected chi connectivity index (χ0v) is 9.83. The Morgan fingerprint density at radius 1 is 1.40 bits per heavy atom. The van der Waals surface area contributed by atoms with Gasteiger partial charge in [-0.25, -0.2) is 0 Å². The van der Waals surface area contributed by atoms with Gasteiger partial charge < -0.3 is 4.74 Å². The van der Waals surface area contributed by atoms with Gasteiger partial charge in [0.25, 0.3) is 0 Å². The van der Waals surface area contributed by atoms with Gasteiger partial charge in [0.1, 0.15) is 5.75 Å². The summed E-state index contributed by atoms with van der Waals surface area (Å²) >= 11 is 0. The maximum atomic E-state index is 11.1. The van der Waals surface area contributed by atoms with E-state index in [4.69, 9.17) is 4.74 Å². The van der Waals surface area contributed by atoms with Gasteiger partial charge in [-0.05, 0) is 43.5 Å². The third-order valence-corrected chi connectivity index (χ3v) is 2.15. The molecule has 2 nitrogen and oxygen atoms in total. The van der Waals surface area contributed by atoms with Crippen LogP contribution in [-0.4, -0.2) is 12.4 Å². The zero-order chi connectivity index (χ0) is 11.4. The van der Waals surface area contributed by atoms with E-state index in [1.165, 1.54) is 0 Å². The lowest BCUT2D eigenvalue weighted by Crippen LogP contribution is -2.05. The molecule has 0 bridgehead atoms. The van der Waals surface area contributed by atoms with E-state index in [1.807, 2.05) is 25.1 Å². The highest BCUT2D eigenvalue weighted by Gasteiger charge is 2.04. The molecule has 0 amide bonds. The van der Waals surface area contributed by atoms with E-state index in [0.29, 0.717) is 12.5 Å². The summed E-state index contributed by atoms with van der Waals surface area (Å²) in [6, 6.07) is 5.55. The van der Waals surface area contributed by atoms with Crippen LogP contribution in [0.1, 0.15) is 36.7 Å². The van der Waals surface area contributed by atoms with E-state index in [0.717, 1.165) is 16.9 Å². The van der Waals surface area contributed by atoms with Crippen molar-refractivity contribution in [1.82, 2.24) is 0 Å². The van der Waals surface area contributed by atoms with Crippen LogP contribution >= 0.6 is 0 Å². The lowest BCUT2D eigenvalue weighted by Gasteiger charge is -2.11. The Morgan fingerprint density at radius 3 is 2.53 bits per heavy atom. The second kappa shape index (κ2) is 4.96. The number of aryl methyl sites for hydroxylation is 1. The molecule has 0 aliphatic rings. The summed E-state index contributed by atoms with van der Waals surface area (Å²) in [5, 5.41) is 0. The number of ketones is 1. The van der Waals surface area contributed by atoms with Crippen molar-refractivity contribution in [3.05, 3.63) is 29.3 Å². The fourth-order valence-electron chi connectivity index (χ4n) is 1.29. The Labute approximate surface area is 91.3 Å². The molecule has 1 aromatic carbocycles. The summed E-state index contributed by atoms with van der Waals surface area (Å²) in [6.45, 7) is 8.46. The first-order chi connectivity index (χ1) is 7.00. The number of hydrogen-bond acceptors (Lipinski definition) is 2. The summed E-state index contributed by atoms with van der Waals surface area (Å²) in [7, 11) is 0. The number of rotatable bonds is 4. The first-order valence-electron chi connectivity index (χ1n) is 5.25. The number of Topliss-reactive ketones (excluding diaryl/α,β-unsaturated/α-hetero) is 1. The highest BCUT2D eigenvalue weighted by molar-refractivity contribution is 5.94. The van der Waals surface area contributed by atoms with Crippen molar-refractivity contribution >= 4 is 5.78 Å². The zero-order valence-electron chi connectivity index (χ0n) is 9.83. The molecule has 82 valence electrons. The first-order valence-corrected chi connectivity index (χ1v) is 5.25. The van der Waals surface area contributed by atoms with Gasteiger partial charge in [-0.3, -0.25) is 4.79 Å². The van der Waals surface area contributed by atoms with Crippen LogP contribution in [0.4, 0.5) is 0 Å². The van der Waals surface area contributed by atoms with Crippen LogP contribution in [0.15, 0.2) is 18.2 Å². The van der Waals surface area contributed by atoms with Crippen molar-refractivity contribution in [3.63, 3.8) is 0 Å². The normalized spacial score (nSPS) is 10.5. The maximum absolute atomic E-state index is 11.1. The molecule has 2 heteroatoms. The van der Waals surface area contributed by atoms with Crippen molar-refractivity contribution < 1.29 is 9.53 Å². The molecule has 0 aromatic heterocycles. The average Bonchev–Trinajstić information content (AvgIpc) is 2.15. The van der Waals surface area contributed by atoms with Crippen molar-refractivity contribution in [3.8, 4) is 5.75 Å². The molecule has 0 spiro atoms. The smallest absolute Gasteiger partial charge is 0.159 e. The molecular weight excluding hydrogens is 188 g/mol. The summed E-state index contributed by atoms with van der Waals surface area (Å²) in [5.74, 6) is 1.47. The molecule has 0 aliphatic heterocycles. The van der Waals surface area contributed by atoms with E-state index >= 15 is 0 Å². The van der Waals surface area contributed by atoms with Gasteiger partial charge in [0, 0.05) is 5.56 Å². The van der Waals surface area contributed by atoms with Crippen LogP contribution in [-0.2, 0) is 0 Å². The molecule has 0 aliphatic carbocycles. The number of carbonyl (C=O) groups is 1. The van der Waals surface area contributed by atoms with Gasteiger partial charge in [0.2, 0.25) is 0 Å². The average molecular weight is 206 g/mol. The standard InChI is InChI=1S/C13H18O2/c1-9(2)8-15-13-6-5-12(11(4)14)7-10(13)3/h5-7,9H,8H2,1-4H3. The summed E-state index contributed by atoms with van der Waals surface area (Å²) in [6.07, 6.45) is 0. The summed E-state index contributed by atoms with van der Waals surface area (Å²) in [4.78, 5) is 11.1. The Morgan fingerprint density at radius 2 is 2.07 bits per heavy atom. The van der Waals surface area contributed by atoms with E-state index < -0.39 is 0 Å². The van der Waals surface area contributed by atoms with E-state index in [9.17, 15) is 4.79 Å². The third kappa shape index (κ3) is 3.39. The fraction of sp³-hybridized carbons (Fsp3) is 0.462. The molecule has 15 heavy (non-hydrogen) atoms. The quantitative estimate of drug-likeness (QED) is 0.707. The minimum atomic E-state index is 0.0912. The van der Waals surface area contributed by atoms with Crippen LogP contribution in [0, 0.1) is 12.8 Å². The van der Waals surface area contributed by atoms with Crippen LogP contribution in [0.3, 0.4) is 0 Å². The predicted molar refractivity (Wildman–Crippen MR) is 61.5 cm³/mol. The number of hydrogen-bond donors (Lipinski definition) is 0. The van der Waals surface area contributed by atoms with Crippen LogP contribution in [0.5, 0.6) is 5.75 Å². The van der Waals surface area contributed by atoms with E-state index in [-0.39, 0.29) is 5.78 Å². The lowest BCUT2D eigenvalue weighted by atomic mass is 10.1. The molecular formula is C13H18O2. The summed E-state index contributed by atoms with van der Waals surface area (Å²) < 4.78 is 5.62. The molecule has 0 radical (unpaired) electrons. The van der Waals surface area contributed by atoms with Crippen molar-refractivity contribution in [2.75, 3.05) is 6.61 Å². The molecule has 0 N–H and O–H groups in total. The number of ether oxygens (including phenoxy) is 1. The number of carbonyl (C=O) groups excluding carboxylic acids is 1. The minimum Gasteiger partial charge on any atom is -0.493 e. The number of benzene rings is 1. The molecule has 1 aromatic rings. The lowest BCUT2D eigenvalue weighted by molar-refractivity contribution is 0.101. The Bertz CT molecular complexity index is 354. The molecule has 0 atom stereocenters. The molecule has 0 heterocycles. The van der Waals surface area contributed by atoms with Gasteiger partial charge in [0.15, 0.2) is 5.78 Å². The van der Waals surface area contributed by atoms with Gasteiger partial charge >= 0.3 is 0 Å². The van der Waals surface area contributed by atoms with Crippen molar-refractivity contribution in [1.29, 1.82) is 0 Å². The molecule has 0 unspecified atom stereocenters. The highest BCUT2D eigenvalue weighted by Crippen LogP contribution is 2.20. The monoisotopic (exact) mass is 206 g/mol. The van der Waals surface area contributed by atoms with Crippen LogP contribution < -0.4 is 4.74 Å². The summed E-state index contributed by atoms with van der Waals surface area (Å²) in [5.41, 5.74) is 1.76. The fourth-order valence-corrected chi connectivity index (χ4v) is 1.29. The van der Waals surface area contributed by atoms with Gasteiger partial charge in [-0.2, -0.15) is 0 Å². The van der Waals surface area contributed by atoms with Gasteiger partial charge in [-0.15, -0.1) is 0 Å². The van der Waals surface area contributed by atoms with Crippen LogP contribution in [0.2, 0.25) is 0 Å². The second-order valence-electron chi connectivity index (χ2n) is 4.24. The van der Waals surface area contributed by atoms with Gasteiger partial charge in [-0.1, -0.05) is 13.8 Å². The molecule has 0 fully saturated rings. The minimum absolute atomic E-state index is 0.0912. The van der Waals surface area contributed by atoms with E-state index in [1.54, 1.807) is 6.92 Å².